The number of benzene rings is 1. The number of nitrogens with one attached hydrogen (secondary N) is 1. The van der Waals surface area contributed by atoms with Crippen LogP contribution in [0.25, 0.3) is 0 Å². The average molecular weight is 253 g/mol. The first-order valence-electron chi connectivity index (χ1n) is 6.19. The van der Waals surface area contributed by atoms with Crippen molar-refractivity contribution < 1.29 is 14.9 Å². The molecule has 0 bridgehead atoms. The number of ether oxygens (including phenoxy) is 1. The summed E-state index contributed by atoms with van der Waals surface area (Å²) < 4.78 is 5.10. The second kappa shape index (κ2) is 7.36. The molecule has 1 rings (SSSR count). The molecule has 0 aliphatic rings. The van der Waals surface area contributed by atoms with Crippen LogP contribution in [-0.4, -0.2) is 43.6 Å². The van der Waals surface area contributed by atoms with Crippen molar-refractivity contribution >= 4 is 0 Å². The second-order valence-electron chi connectivity index (χ2n) is 4.90. The summed E-state index contributed by atoms with van der Waals surface area (Å²) in [6.45, 7) is 3.25. The van der Waals surface area contributed by atoms with Gasteiger partial charge in [0.1, 0.15) is 5.75 Å². The Kier molecular flexibility index (Phi) is 6.12. The summed E-state index contributed by atoms with van der Waals surface area (Å²) in [6.07, 6.45) is 0.914. The Morgan fingerprint density at radius 1 is 1.17 bits per heavy atom. The van der Waals surface area contributed by atoms with E-state index < -0.39 is 5.41 Å². The molecule has 0 aromatic heterocycles. The molecule has 0 spiro atoms. The molecule has 0 heterocycles. The summed E-state index contributed by atoms with van der Waals surface area (Å²) >= 11 is 0. The summed E-state index contributed by atoms with van der Waals surface area (Å²) in [6, 6.07) is 7.97. The van der Waals surface area contributed by atoms with E-state index in [1.807, 2.05) is 31.2 Å². The van der Waals surface area contributed by atoms with Gasteiger partial charge in [-0.05, 0) is 30.7 Å². The normalized spacial score (nSPS) is 11.6. The molecular weight excluding hydrogens is 230 g/mol. The molecule has 0 fully saturated rings. The molecule has 4 nitrogen and oxygen atoms in total. The molecule has 0 radical (unpaired) electrons. The van der Waals surface area contributed by atoms with Gasteiger partial charge in [-0.25, -0.2) is 0 Å². The van der Waals surface area contributed by atoms with Crippen molar-refractivity contribution in [2.24, 2.45) is 5.41 Å². The van der Waals surface area contributed by atoms with Crippen LogP contribution in [0.1, 0.15) is 12.5 Å². The average Bonchev–Trinajstić information content (AvgIpc) is 2.44. The maximum atomic E-state index is 9.15. The molecule has 4 heteroatoms. The van der Waals surface area contributed by atoms with Crippen LogP contribution in [0.3, 0.4) is 0 Å². The lowest BCUT2D eigenvalue weighted by atomic mass is 9.93. The zero-order valence-electron chi connectivity index (χ0n) is 11.1. The summed E-state index contributed by atoms with van der Waals surface area (Å²) in [7, 11) is 1.65. The molecule has 0 atom stereocenters. The molecule has 0 saturated carbocycles. The van der Waals surface area contributed by atoms with Gasteiger partial charge in [-0.3, -0.25) is 0 Å². The van der Waals surface area contributed by atoms with Gasteiger partial charge in [-0.2, -0.15) is 0 Å². The highest BCUT2D eigenvalue weighted by atomic mass is 16.5. The highest BCUT2D eigenvalue weighted by Crippen LogP contribution is 2.13. The third kappa shape index (κ3) is 4.64. The van der Waals surface area contributed by atoms with Crippen LogP contribution in [0.4, 0.5) is 0 Å². The van der Waals surface area contributed by atoms with Crippen LogP contribution in [0, 0.1) is 5.41 Å². The van der Waals surface area contributed by atoms with Crippen molar-refractivity contribution in [1.29, 1.82) is 0 Å². The van der Waals surface area contributed by atoms with Gasteiger partial charge in [0.05, 0.1) is 20.3 Å². The first kappa shape index (κ1) is 15.0. The van der Waals surface area contributed by atoms with Crippen LogP contribution in [0.15, 0.2) is 24.3 Å². The highest BCUT2D eigenvalue weighted by Gasteiger charge is 2.21. The fourth-order valence-corrected chi connectivity index (χ4v) is 1.58. The zero-order chi connectivity index (χ0) is 13.4. The van der Waals surface area contributed by atoms with E-state index in [0.29, 0.717) is 6.54 Å². The van der Waals surface area contributed by atoms with Gasteiger partial charge >= 0.3 is 0 Å². The van der Waals surface area contributed by atoms with E-state index in [-0.39, 0.29) is 13.2 Å². The number of methoxy groups -OCH3 is 1. The first-order chi connectivity index (χ1) is 8.63. The van der Waals surface area contributed by atoms with Crippen molar-refractivity contribution in [3.05, 3.63) is 29.8 Å². The van der Waals surface area contributed by atoms with E-state index in [0.717, 1.165) is 18.7 Å². The maximum absolute atomic E-state index is 9.15. The van der Waals surface area contributed by atoms with E-state index >= 15 is 0 Å². The van der Waals surface area contributed by atoms with Gasteiger partial charge in [0.2, 0.25) is 0 Å². The van der Waals surface area contributed by atoms with Crippen LogP contribution in [0.2, 0.25) is 0 Å². The van der Waals surface area contributed by atoms with Crippen LogP contribution in [-0.2, 0) is 6.42 Å². The molecule has 0 amide bonds. The summed E-state index contributed by atoms with van der Waals surface area (Å²) in [5.41, 5.74) is 0.790. The van der Waals surface area contributed by atoms with Gasteiger partial charge < -0.3 is 20.3 Å². The monoisotopic (exact) mass is 253 g/mol. The summed E-state index contributed by atoms with van der Waals surface area (Å²) in [5, 5.41) is 21.5. The van der Waals surface area contributed by atoms with Gasteiger partial charge in [0.15, 0.2) is 0 Å². The molecule has 18 heavy (non-hydrogen) atoms. The molecule has 0 aliphatic heterocycles. The molecule has 0 saturated heterocycles. The van der Waals surface area contributed by atoms with Crippen molar-refractivity contribution in [1.82, 2.24) is 5.32 Å². The van der Waals surface area contributed by atoms with Gasteiger partial charge in [0, 0.05) is 12.0 Å². The van der Waals surface area contributed by atoms with Crippen LogP contribution < -0.4 is 10.1 Å². The lowest BCUT2D eigenvalue weighted by Crippen LogP contribution is -2.38. The molecular formula is C14H23NO3. The number of rotatable bonds is 8. The van der Waals surface area contributed by atoms with Crippen molar-refractivity contribution in [2.45, 2.75) is 13.3 Å². The Morgan fingerprint density at radius 3 is 2.28 bits per heavy atom. The number of aliphatic hydroxyl groups excluding tert-OH is 2. The fraction of sp³-hybridized carbons (Fsp3) is 0.571. The molecule has 0 aliphatic carbocycles. The lowest BCUT2D eigenvalue weighted by molar-refractivity contribution is 0.0700. The minimum Gasteiger partial charge on any atom is -0.497 e. The fourth-order valence-electron chi connectivity index (χ4n) is 1.58. The second-order valence-corrected chi connectivity index (χ2v) is 4.90. The molecule has 1 aromatic rings. The van der Waals surface area contributed by atoms with E-state index in [9.17, 15) is 0 Å². The Morgan fingerprint density at radius 2 is 1.78 bits per heavy atom. The quantitative estimate of drug-likeness (QED) is 0.600. The molecule has 1 aromatic carbocycles. The van der Waals surface area contributed by atoms with Crippen molar-refractivity contribution in [3.8, 4) is 5.75 Å². The van der Waals surface area contributed by atoms with E-state index in [4.69, 9.17) is 14.9 Å². The van der Waals surface area contributed by atoms with E-state index in [2.05, 4.69) is 5.32 Å². The summed E-state index contributed by atoms with van der Waals surface area (Å²) in [5.74, 6) is 0.861. The first-order valence-corrected chi connectivity index (χ1v) is 6.19. The predicted octanol–water partition coefficient (Wildman–Crippen LogP) is 0.818. The minimum absolute atomic E-state index is 0.0148. The van der Waals surface area contributed by atoms with Crippen LogP contribution >= 0.6 is 0 Å². The van der Waals surface area contributed by atoms with Gasteiger partial charge in [0.25, 0.3) is 0 Å². The summed E-state index contributed by atoms with van der Waals surface area (Å²) in [4.78, 5) is 0. The van der Waals surface area contributed by atoms with E-state index in [1.54, 1.807) is 7.11 Å². The Bertz CT molecular complexity index is 333. The molecule has 102 valence electrons. The number of hydrogen-bond donors (Lipinski definition) is 3. The van der Waals surface area contributed by atoms with Gasteiger partial charge in [-0.15, -0.1) is 0 Å². The molecule has 3 N–H and O–H groups in total. The third-order valence-electron chi connectivity index (χ3n) is 3.06. The SMILES string of the molecule is COc1ccc(CCNCC(C)(CO)CO)cc1. The van der Waals surface area contributed by atoms with Crippen molar-refractivity contribution in [3.63, 3.8) is 0 Å². The van der Waals surface area contributed by atoms with Crippen LogP contribution in [0.5, 0.6) is 5.75 Å². The Labute approximate surface area is 109 Å². The smallest absolute Gasteiger partial charge is 0.118 e. The Hall–Kier alpha value is -1.10. The minimum atomic E-state index is -0.445. The predicted molar refractivity (Wildman–Crippen MR) is 71.8 cm³/mol. The Balaban J connectivity index is 2.29. The van der Waals surface area contributed by atoms with Gasteiger partial charge in [-0.1, -0.05) is 19.1 Å². The lowest BCUT2D eigenvalue weighted by Gasteiger charge is -2.24. The molecule has 0 unspecified atom stereocenters. The largest absolute Gasteiger partial charge is 0.497 e. The highest BCUT2D eigenvalue weighted by molar-refractivity contribution is 5.27. The van der Waals surface area contributed by atoms with E-state index in [1.165, 1.54) is 5.56 Å². The standard InChI is InChI=1S/C14H23NO3/c1-14(10-16,11-17)9-15-8-7-12-3-5-13(18-2)6-4-12/h3-6,15-17H,7-11H2,1-2H3. The third-order valence-corrected chi connectivity index (χ3v) is 3.06. The maximum Gasteiger partial charge on any atom is 0.118 e. The van der Waals surface area contributed by atoms with Crippen molar-refractivity contribution in [2.75, 3.05) is 33.4 Å². The topological polar surface area (TPSA) is 61.7 Å². The number of hydrogen-bond acceptors (Lipinski definition) is 4. The number of aliphatic hydroxyl groups is 2. The zero-order valence-corrected chi connectivity index (χ0v) is 11.1.